The lowest BCUT2D eigenvalue weighted by molar-refractivity contribution is 0.213. The second kappa shape index (κ2) is 8.94. The summed E-state index contributed by atoms with van der Waals surface area (Å²) < 4.78 is 5.47. The van der Waals surface area contributed by atoms with E-state index in [1.165, 1.54) is 18.4 Å². The summed E-state index contributed by atoms with van der Waals surface area (Å²) >= 11 is 0. The Morgan fingerprint density at radius 3 is 2.63 bits per heavy atom. The minimum atomic E-state index is 0.399. The van der Waals surface area contributed by atoms with Gasteiger partial charge >= 0.3 is 0 Å². The van der Waals surface area contributed by atoms with Gasteiger partial charge in [-0.3, -0.25) is 4.90 Å². The van der Waals surface area contributed by atoms with E-state index in [2.05, 4.69) is 36.2 Å². The molecule has 0 amide bonds. The van der Waals surface area contributed by atoms with E-state index < -0.39 is 0 Å². The molecule has 0 heterocycles. The van der Waals surface area contributed by atoms with Gasteiger partial charge in [0.15, 0.2) is 0 Å². The molecule has 0 saturated heterocycles. The van der Waals surface area contributed by atoms with Crippen LogP contribution in [0.15, 0.2) is 24.3 Å². The number of nitrogens with zero attached hydrogens (tertiary/aromatic N) is 1. The zero-order valence-electron chi connectivity index (χ0n) is 12.8. The Balaban J connectivity index is 2.64. The summed E-state index contributed by atoms with van der Waals surface area (Å²) in [4.78, 5) is 2.51. The van der Waals surface area contributed by atoms with Crippen molar-refractivity contribution in [3.05, 3.63) is 29.8 Å². The van der Waals surface area contributed by atoms with Gasteiger partial charge in [-0.25, -0.2) is 0 Å². The smallest absolute Gasteiger partial charge is 0.123 e. The molecule has 3 nitrogen and oxygen atoms in total. The van der Waals surface area contributed by atoms with Crippen molar-refractivity contribution in [2.24, 2.45) is 0 Å². The van der Waals surface area contributed by atoms with Gasteiger partial charge in [0.1, 0.15) is 5.75 Å². The molecule has 1 N–H and O–H groups in total. The van der Waals surface area contributed by atoms with E-state index >= 15 is 0 Å². The Bertz CT molecular complexity index is 354. The lowest BCUT2D eigenvalue weighted by atomic mass is 10.1. The quantitative estimate of drug-likeness (QED) is 0.694. The highest BCUT2D eigenvalue weighted by molar-refractivity contribution is 5.35. The maximum absolute atomic E-state index is 5.47. The highest BCUT2D eigenvalue weighted by Gasteiger charge is 2.16. The number of methoxy groups -OCH3 is 1. The highest BCUT2D eigenvalue weighted by atomic mass is 16.5. The molecule has 0 radical (unpaired) electrons. The van der Waals surface area contributed by atoms with Gasteiger partial charge in [0.05, 0.1) is 7.11 Å². The lowest BCUT2D eigenvalue weighted by Gasteiger charge is -2.29. The molecule has 0 fully saturated rings. The van der Waals surface area contributed by atoms with Crippen LogP contribution in [0.5, 0.6) is 5.75 Å². The summed E-state index contributed by atoms with van der Waals surface area (Å²) in [6.07, 6.45) is 2.46. The largest absolute Gasteiger partial charge is 0.496 e. The van der Waals surface area contributed by atoms with Crippen molar-refractivity contribution in [3.63, 3.8) is 0 Å². The van der Waals surface area contributed by atoms with E-state index in [1.807, 2.05) is 19.2 Å². The van der Waals surface area contributed by atoms with Crippen LogP contribution < -0.4 is 10.1 Å². The molecule has 1 rings (SSSR count). The van der Waals surface area contributed by atoms with Gasteiger partial charge in [0.25, 0.3) is 0 Å². The van der Waals surface area contributed by atoms with Gasteiger partial charge in [-0.2, -0.15) is 0 Å². The van der Waals surface area contributed by atoms with Crippen molar-refractivity contribution >= 4 is 0 Å². The van der Waals surface area contributed by atoms with E-state index in [9.17, 15) is 0 Å². The summed E-state index contributed by atoms with van der Waals surface area (Å²) in [6.45, 7) is 7.79. The first-order valence-electron chi connectivity index (χ1n) is 7.26. The molecular formula is C16H28N2O. The molecule has 0 aromatic heterocycles. The average Bonchev–Trinajstić information content (AvgIpc) is 2.46. The minimum absolute atomic E-state index is 0.399. The molecule has 0 aliphatic rings. The van der Waals surface area contributed by atoms with Crippen LogP contribution in [0.4, 0.5) is 0 Å². The van der Waals surface area contributed by atoms with Crippen molar-refractivity contribution in [1.29, 1.82) is 0 Å². The van der Waals surface area contributed by atoms with E-state index in [0.717, 1.165) is 25.4 Å². The van der Waals surface area contributed by atoms with Crippen LogP contribution in [-0.2, 0) is 0 Å². The second-order valence-corrected chi connectivity index (χ2v) is 4.86. The zero-order chi connectivity index (χ0) is 14.1. The first-order valence-corrected chi connectivity index (χ1v) is 7.26. The maximum Gasteiger partial charge on any atom is 0.123 e. The van der Waals surface area contributed by atoms with E-state index in [0.29, 0.717) is 6.04 Å². The predicted molar refractivity (Wildman–Crippen MR) is 81.8 cm³/mol. The van der Waals surface area contributed by atoms with Crippen molar-refractivity contribution in [1.82, 2.24) is 10.2 Å². The Hall–Kier alpha value is -1.06. The monoisotopic (exact) mass is 264 g/mol. The minimum Gasteiger partial charge on any atom is -0.496 e. The topological polar surface area (TPSA) is 24.5 Å². The molecular weight excluding hydrogens is 236 g/mol. The Kier molecular flexibility index (Phi) is 7.53. The number of benzene rings is 1. The molecule has 0 unspecified atom stereocenters. The third-order valence-electron chi connectivity index (χ3n) is 3.67. The van der Waals surface area contributed by atoms with Crippen molar-refractivity contribution in [2.75, 3.05) is 33.8 Å². The molecule has 0 aliphatic carbocycles. The second-order valence-electron chi connectivity index (χ2n) is 4.86. The summed E-state index contributed by atoms with van der Waals surface area (Å²) in [6, 6.07) is 8.72. The predicted octanol–water partition coefficient (Wildman–Crippen LogP) is 3.08. The van der Waals surface area contributed by atoms with Crippen LogP contribution in [-0.4, -0.2) is 38.7 Å². The summed E-state index contributed by atoms with van der Waals surface area (Å²) in [5, 5.41) is 3.20. The normalized spacial score (nSPS) is 12.7. The van der Waals surface area contributed by atoms with Crippen molar-refractivity contribution in [2.45, 2.75) is 32.7 Å². The number of hydrogen-bond donors (Lipinski definition) is 1. The first-order chi connectivity index (χ1) is 9.24. The van der Waals surface area contributed by atoms with Crippen LogP contribution >= 0.6 is 0 Å². The fourth-order valence-electron chi connectivity index (χ4n) is 2.45. The molecule has 0 saturated carbocycles. The lowest BCUT2D eigenvalue weighted by Crippen LogP contribution is -2.28. The highest BCUT2D eigenvalue weighted by Crippen LogP contribution is 2.28. The van der Waals surface area contributed by atoms with E-state index in [-0.39, 0.29) is 0 Å². The zero-order valence-corrected chi connectivity index (χ0v) is 12.8. The number of rotatable bonds is 9. The Morgan fingerprint density at radius 2 is 2.00 bits per heavy atom. The van der Waals surface area contributed by atoms with Gasteiger partial charge < -0.3 is 10.1 Å². The molecule has 19 heavy (non-hydrogen) atoms. The SMILES string of the molecule is CCN(CCCCNC)[C@@H](C)c1ccccc1OC. The Morgan fingerprint density at radius 1 is 1.26 bits per heavy atom. The molecule has 1 atom stereocenters. The van der Waals surface area contributed by atoms with Crippen LogP contribution in [0.2, 0.25) is 0 Å². The molecule has 1 aromatic carbocycles. The Labute approximate surface area is 118 Å². The molecule has 1 aromatic rings. The number of unbranched alkanes of at least 4 members (excludes halogenated alkanes) is 1. The van der Waals surface area contributed by atoms with Crippen LogP contribution in [0.3, 0.4) is 0 Å². The van der Waals surface area contributed by atoms with Crippen LogP contribution in [0.1, 0.15) is 38.3 Å². The number of para-hydroxylation sites is 1. The number of hydrogen-bond acceptors (Lipinski definition) is 3. The van der Waals surface area contributed by atoms with Gasteiger partial charge in [0.2, 0.25) is 0 Å². The van der Waals surface area contributed by atoms with Gasteiger partial charge in [0, 0.05) is 11.6 Å². The molecule has 3 heteroatoms. The average molecular weight is 264 g/mol. The molecule has 108 valence electrons. The third-order valence-corrected chi connectivity index (χ3v) is 3.67. The first kappa shape index (κ1) is 16.0. The standard InChI is InChI=1S/C16H28N2O/c1-5-18(13-9-8-12-17-3)14(2)15-10-6-7-11-16(15)19-4/h6-7,10-11,14,17H,5,8-9,12-13H2,1-4H3/t14-/m0/s1. The van der Waals surface area contributed by atoms with Crippen LogP contribution in [0.25, 0.3) is 0 Å². The molecule has 0 aliphatic heterocycles. The van der Waals surface area contributed by atoms with Gasteiger partial charge in [-0.1, -0.05) is 25.1 Å². The fourth-order valence-corrected chi connectivity index (χ4v) is 2.45. The van der Waals surface area contributed by atoms with E-state index in [1.54, 1.807) is 7.11 Å². The summed E-state index contributed by atoms with van der Waals surface area (Å²) in [7, 11) is 3.75. The van der Waals surface area contributed by atoms with Gasteiger partial charge in [-0.15, -0.1) is 0 Å². The third kappa shape index (κ3) is 4.84. The number of ether oxygens (including phenoxy) is 1. The summed E-state index contributed by atoms with van der Waals surface area (Å²) in [5.41, 5.74) is 1.28. The van der Waals surface area contributed by atoms with Crippen LogP contribution in [0, 0.1) is 0 Å². The van der Waals surface area contributed by atoms with Gasteiger partial charge in [-0.05, 0) is 52.5 Å². The van der Waals surface area contributed by atoms with Crippen molar-refractivity contribution in [3.8, 4) is 5.75 Å². The number of nitrogens with one attached hydrogen (secondary N) is 1. The fraction of sp³-hybridized carbons (Fsp3) is 0.625. The molecule has 0 bridgehead atoms. The molecule has 0 spiro atoms. The maximum atomic E-state index is 5.47. The summed E-state index contributed by atoms with van der Waals surface area (Å²) in [5.74, 6) is 0.990. The van der Waals surface area contributed by atoms with Crippen molar-refractivity contribution < 1.29 is 4.74 Å². The van der Waals surface area contributed by atoms with E-state index in [4.69, 9.17) is 4.74 Å².